The summed E-state index contributed by atoms with van der Waals surface area (Å²) in [6, 6.07) is 4.52. The fourth-order valence-corrected chi connectivity index (χ4v) is 2.25. The molecule has 0 fully saturated rings. The second kappa shape index (κ2) is 4.42. The highest BCUT2D eigenvalue weighted by atomic mass is 15.0. The molecule has 98 valence electrons. The van der Waals surface area contributed by atoms with Crippen LogP contribution in [0.25, 0.3) is 5.52 Å². The van der Waals surface area contributed by atoms with Crippen molar-refractivity contribution in [3.05, 3.63) is 35.9 Å². The Kier molecular flexibility index (Phi) is 3.22. The van der Waals surface area contributed by atoms with E-state index in [0.29, 0.717) is 11.8 Å². The highest BCUT2D eigenvalue weighted by Gasteiger charge is 2.20. The Bertz CT molecular complexity index is 544. The summed E-state index contributed by atoms with van der Waals surface area (Å²) in [6.45, 7) is 13.5. The topological polar surface area (TPSA) is 17.3 Å². The number of aromatic nitrogens is 2. The molecule has 2 aromatic rings. The third-order valence-corrected chi connectivity index (χ3v) is 3.80. The first-order valence-electron chi connectivity index (χ1n) is 6.78. The van der Waals surface area contributed by atoms with Crippen LogP contribution in [0, 0.1) is 5.92 Å². The summed E-state index contributed by atoms with van der Waals surface area (Å²) in [6.07, 6.45) is 4.05. The van der Waals surface area contributed by atoms with Gasteiger partial charge in [0.2, 0.25) is 0 Å². The molecule has 2 nitrogen and oxygen atoms in total. The van der Waals surface area contributed by atoms with E-state index in [1.165, 1.54) is 16.8 Å². The predicted molar refractivity (Wildman–Crippen MR) is 77.1 cm³/mol. The molecule has 0 N–H and O–H groups in total. The quantitative estimate of drug-likeness (QED) is 0.765. The van der Waals surface area contributed by atoms with Crippen molar-refractivity contribution in [1.82, 2.24) is 9.38 Å². The normalized spacial score (nSPS) is 14.4. The average molecular weight is 244 g/mol. The number of nitrogens with zero attached hydrogens (tertiary/aromatic N) is 2. The van der Waals surface area contributed by atoms with Crippen molar-refractivity contribution in [2.24, 2.45) is 5.92 Å². The standard InChI is InChI=1S/C16H24N2/c1-11(2)12(3)13-7-8-18-10-17-15(14(18)9-13)16(4,5)6/h7-12H,1-6H3. The second-order valence-electron chi connectivity index (χ2n) is 6.63. The van der Waals surface area contributed by atoms with E-state index in [1.807, 2.05) is 6.33 Å². The van der Waals surface area contributed by atoms with Crippen LogP contribution in [0.1, 0.15) is 58.7 Å². The maximum atomic E-state index is 4.57. The van der Waals surface area contributed by atoms with Gasteiger partial charge in [0.1, 0.15) is 0 Å². The van der Waals surface area contributed by atoms with Gasteiger partial charge in [-0.1, -0.05) is 41.5 Å². The summed E-state index contributed by atoms with van der Waals surface area (Å²) < 4.78 is 2.12. The van der Waals surface area contributed by atoms with Gasteiger partial charge in [0.15, 0.2) is 0 Å². The van der Waals surface area contributed by atoms with Crippen molar-refractivity contribution in [1.29, 1.82) is 0 Å². The Morgan fingerprint density at radius 2 is 1.83 bits per heavy atom. The molecule has 2 rings (SSSR count). The zero-order valence-electron chi connectivity index (χ0n) is 12.4. The summed E-state index contributed by atoms with van der Waals surface area (Å²) >= 11 is 0. The zero-order chi connectivity index (χ0) is 13.5. The summed E-state index contributed by atoms with van der Waals surface area (Å²) in [5, 5.41) is 0. The van der Waals surface area contributed by atoms with E-state index in [9.17, 15) is 0 Å². The highest BCUT2D eigenvalue weighted by molar-refractivity contribution is 5.56. The van der Waals surface area contributed by atoms with Crippen LogP contribution in [0.3, 0.4) is 0 Å². The Morgan fingerprint density at radius 1 is 1.17 bits per heavy atom. The molecule has 0 aliphatic carbocycles. The van der Waals surface area contributed by atoms with Gasteiger partial charge in [-0.05, 0) is 29.5 Å². The molecule has 0 radical (unpaired) electrons. The van der Waals surface area contributed by atoms with E-state index in [0.717, 1.165) is 0 Å². The number of imidazole rings is 1. The molecule has 0 saturated heterocycles. The second-order valence-corrected chi connectivity index (χ2v) is 6.63. The van der Waals surface area contributed by atoms with Crippen LogP contribution >= 0.6 is 0 Å². The molecule has 1 atom stereocenters. The van der Waals surface area contributed by atoms with Crippen LogP contribution in [0.2, 0.25) is 0 Å². The smallest absolute Gasteiger partial charge is 0.0995 e. The van der Waals surface area contributed by atoms with E-state index < -0.39 is 0 Å². The number of hydrogen-bond donors (Lipinski definition) is 0. The van der Waals surface area contributed by atoms with Gasteiger partial charge >= 0.3 is 0 Å². The van der Waals surface area contributed by atoms with Crippen molar-refractivity contribution in [2.45, 2.75) is 52.9 Å². The van der Waals surface area contributed by atoms with Crippen LogP contribution in [0.5, 0.6) is 0 Å². The lowest BCUT2D eigenvalue weighted by Gasteiger charge is -2.19. The van der Waals surface area contributed by atoms with Gasteiger partial charge < -0.3 is 4.40 Å². The first-order valence-corrected chi connectivity index (χ1v) is 6.78. The molecule has 1 unspecified atom stereocenters. The Morgan fingerprint density at radius 3 is 2.39 bits per heavy atom. The molecule has 2 heterocycles. The average Bonchev–Trinajstić information content (AvgIpc) is 2.69. The fraction of sp³-hybridized carbons (Fsp3) is 0.562. The first kappa shape index (κ1) is 13.1. The van der Waals surface area contributed by atoms with Gasteiger partial charge in [0.25, 0.3) is 0 Å². The van der Waals surface area contributed by atoms with Crippen LogP contribution in [0.15, 0.2) is 24.7 Å². The van der Waals surface area contributed by atoms with E-state index in [2.05, 4.69) is 69.3 Å². The van der Waals surface area contributed by atoms with E-state index in [1.54, 1.807) is 0 Å². The molecule has 2 heteroatoms. The molecule has 0 aliphatic heterocycles. The van der Waals surface area contributed by atoms with Crippen LogP contribution < -0.4 is 0 Å². The minimum Gasteiger partial charge on any atom is -0.306 e. The highest BCUT2D eigenvalue weighted by Crippen LogP contribution is 2.29. The summed E-state index contributed by atoms with van der Waals surface area (Å²) in [5.41, 5.74) is 3.92. The minimum absolute atomic E-state index is 0.0917. The van der Waals surface area contributed by atoms with Gasteiger partial charge in [-0.25, -0.2) is 4.98 Å². The van der Waals surface area contributed by atoms with E-state index >= 15 is 0 Å². The van der Waals surface area contributed by atoms with Gasteiger partial charge in [-0.3, -0.25) is 0 Å². The predicted octanol–water partition coefficient (Wildman–Crippen LogP) is 4.39. The van der Waals surface area contributed by atoms with Gasteiger partial charge in [0.05, 0.1) is 17.5 Å². The van der Waals surface area contributed by atoms with Crippen LogP contribution in [0.4, 0.5) is 0 Å². The van der Waals surface area contributed by atoms with Crippen LogP contribution in [-0.2, 0) is 5.41 Å². The van der Waals surface area contributed by atoms with Crippen molar-refractivity contribution in [3.8, 4) is 0 Å². The Labute approximate surface area is 110 Å². The lowest BCUT2D eigenvalue weighted by Crippen LogP contribution is -2.12. The largest absolute Gasteiger partial charge is 0.306 e. The maximum Gasteiger partial charge on any atom is 0.0995 e. The summed E-state index contributed by atoms with van der Waals surface area (Å²) in [5.74, 6) is 1.24. The molecule has 0 spiro atoms. The monoisotopic (exact) mass is 244 g/mol. The van der Waals surface area contributed by atoms with Crippen molar-refractivity contribution < 1.29 is 0 Å². The number of pyridine rings is 1. The van der Waals surface area contributed by atoms with E-state index in [-0.39, 0.29) is 5.41 Å². The lowest BCUT2D eigenvalue weighted by atomic mass is 9.88. The number of hydrogen-bond acceptors (Lipinski definition) is 1. The lowest BCUT2D eigenvalue weighted by molar-refractivity contribution is 0.534. The van der Waals surface area contributed by atoms with Crippen molar-refractivity contribution in [3.63, 3.8) is 0 Å². The minimum atomic E-state index is 0.0917. The molecule has 0 saturated carbocycles. The number of fused-ring (bicyclic) bond motifs is 1. The molecule has 0 amide bonds. The molecule has 2 aromatic heterocycles. The molecule has 18 heavy (non-hydrogen) atoms. The number of rotatable bonds is 2. The van der Waals surface area contributed by atoms with Crippen molar-refractivity contribution in [2.75, 3.05) is 0 Å². The third-order valence-electron chi connectivity index (χ3n) is 3.80. The summed E-state index contributed by atoms with van der Waals surface area (Å²) in [7, 11) is 0. The SMILES string of the molecule is CC(C)C(C)c1ccn2cnc(C(C)(C)C)c2c1. The van der Waals surface area contributed by atoms with Gasteiger partial charge in [-0.2, -0.15) is 0 Å². The van der Waals surface area contributed by atoms with Crippen LogP contribution in [-0.4, -0.2) is 9.38 Å². The Balaban J connectivity index is 2.56. The maximum absolute atomic E-state index is 4.57. The fourth-order valence-electron chi connectivity index (χ4n) is 2.25. The molecular formula is C16H24N2. The van der Waals surface area contributed by atoms with E-state index in [4.69, 9.17) is 0 Å². The van der Waals surface area contributed by atoms with Gasteiger partial charge in [0, 0.05) is 11.6 Å². The summed E-state index contributed by atoms with van der Waals surface area (Å²) in [4.78, 5) is 4.57. The third kappa shape index (κ3) is 2.29. The van der Waals surface area contributed by atoms with Crippen molar-refractivity contribution >= 4 is 5.52 Å². The molecule has 0 bridgehead atoms. The molecule has 0 aliphatic rings. The zero-order valence-corrected chi connectivity index (χ0v) is 12.4. The Hall–Kier alpha value is -1.31. The molecular weight excluding hydrogens is 220 g/mol. The van der Waals surface area contributed by atoms with Gasteiger partial charge in [-0.15, -0.1) is 0 Å². The first-order chi connectivity index (χ1) is 8.30. The molecule has 0 aromatic carbocycles.